The lowest BCUT2D eigenvalue weighted by Crippen LogP contribution is -2.27. The number of nitrogens with zero attached hydrogens (tertiary/aromatic N) is 3. The molecule has 4 aromatic rings. The molecule has 1 atom stereocenters. The number of anilines is 1. The van der Waals surface area contributed by atoms with Gasteiger partial charge in [-0.05, 0) is 32.0 Å². The summed E-state index contributed by atoms with van der Waals surface area (Å²) in [5, 5.41) is 4.75. The Kier molecular flexibility index (Phi) is 6.20. The maximum absolute atomic E-state index is 13.6. The summed E-state index contributed by atoms with van der Waals surface area (Å²) in [5.41, 5.74) is 0.964. The number of hydrogen-bond acceptors (Lipinski definition) is 5. The molecular weight excluding hydrogens is 471 g/mol. The number of aromatic nitrogens is 3. The van der Waals surface area contributed by atoms with Crippen molar-refractivity contribution in [3.63, 3.8) is 0 Å². The van der Waals surface area contributed by atoms with E-state index in [1.54, 1.807) is 30.3 Å². The predicted molar refractivity (Wildman–Crippen MR) is 129 cm³/mol. The van der Waals surface area contributed by atoms with E-state index in [1.807, 2.05) is 25.1 Å². The van der Waals surface area contributed by atoms with E-state index in [4.69, 9.17) is 34.8 Å². The first-order valence-corrected chi connectivity index (χ1v) is 10.8. The lowest BCUT2D eigenvalue weighted by atomic mass is 10.1. The minimum Gasteiger partial charge on any atom is -0.361 e. The van der Waals surface area contributed by atoms with E-state index in [9.17, 15) is 9.59 Å². The van der Waals surface area contributed by atoms with Crippen LogP contribution in [0.5, 0.6) is 0 Å². The Labute approximate surface area is 198 Å². The molecule has 162 valence electrons. The van der Waals surface area contributed by atoms with Crippen molar-refractivity contribution in [2.24, 2.45) is 0 Å². The van der Waals surface area contributed by atoms with Crippen LogP contribution in [0.2, 0.25) is 15.2 Å². The maximum Gasteiger partial charge on any atom is 0.264 e. The Bertz CT molecular complexity index is 1400. The average molecular weight is 488 g/mol. The summed E-state index contributed by atoms with van der Waals surface area (Å²) in [6.45, 7) is 3.20. The second kappa shape index (κ2) is 8.90. The van der Waals surface area contributed by atoms with Gasteiger partial charge in [-0.2, -0.15) is 0 Å². The van der Waals surface area contributed by atoms with Crippen LogP contribution >= 0.6 is 34.8 Å². The van der Waals surface area contributed by atoms with Gasteiger partial charge < -0.3 is 5.32 Å². The SMILES string of the molecule is CC(=O)c1c(Cl)ncnc1NC(C)c1c(Cl)c2cccc(Cl)c2c(=O)n1-c1ccccc1. The van der Waals surface area contributed by atoms with Gasteiger partial charge in [0.1, 0.15) is 17.3 Å². The minimum atomic E-state index is -0.539. The zero-order valence-corrected chi connectivity index (χ0v) is 19.3. The van der Waals surface area contributed by atoms with E-state index in [2.05, 4.69) is 15.3 Å². The third kappa shape index (κ3) is 3.86. The number of ketones is 1. The molecule has 0 saturated carbocycles. The van der Waals surface area contributed by atoms with Crippen molar-refractivity contribution < 1.29 is 4.79 Å². The molecule has 4 rings (SSSR count). The number of Topliss-reactive ketones (excluding diaryl/α,β-unsaturated/α-hetero) is 1. The van der Waals surface area contributed by atoms with Crippen LogP contribution in [0.1, 0.15) is 35.9 Å². The molecule has 0 fully saturated rings. The molecule has 0 aliphatic rings. The van der Waals surface area contributed by atoms with Crippen molar-refractivity contribution in [2.45, 2.75) is 19.9 Å². The number of para-hydroxylation sites is 1. The maximum atomic E-state index is 13.6. The van der Waals surface area contributed by atoms with Crippen molar-refractivity contribution in [2.75, 3.05) is 5.32 Å². The molecule has 0 amide bonds. The molecular formula is C23H17Cl3N4O2. The first-order valence-electron chi connectivity index (χ1n) is 9.67. The molecule has 32 heavy (non-hydrogen) atoms. The highest BCUT2D eigenvalue weighted by molar-refractivity contribution is 6.40. The number of nitrogens with one attached hydrogen (secondary N) is 1. The Morgan fingerprint density at radius 1 is 1.03 bits per heavy atom. The number of carbonyl (C=O) groups is 1. The van der Waals surface area contributed by atoms with E-state index >= 15 is 0 Å². The summed E-state index contributed by atoms with van der Waals surface area (Å²) >= 11 is 19.3. The molecule has 2 heterocycles. The van der Waals surface area contributed by atoms with Crippen molar-refractivity contribution in [3.8, 4) is 5.69 Å². The van der Waals surface area contributed by atoms with Gasteiger partial charge in [-0.1, -0.05) is 65.1 Å². The predicted octanol–water partition coefficient (Wildman–Crippen LogP) is 6.12. The number of benzene rings is 2. The second-order valence-corrected chi connectivity index (χ2v) is 8.29. The fraction of sp³-hybridized carbons (Fsp3) is 0.130. The van der Waals surface area contributed by atoms with Crippen molar-refractivity contribution >= 4 is 57.2 Å². The van der Waals surface area contributed by atoms with Crippen LogP contribution in [0.3, 0.4) is 0 Å². The normalized spacial score (nSPS) is 12.0. The Morgan fingerprint density at radius 3 is 2.44 bits per heavy atom. The van der Waals surface area contributed by atoms with E-state index in [1.165, 1.54) is 17.8 Å². The summed E-state index contributed by atoms with van der Waals surface area (Å²) in [5.74, 6) is -0.0403. The third-order valence-electron chi connectivity index (χ3n) is 5.06. The number of halogens is 3. The van der Waals surface area contributed by atoms with Gasteiger partial charge in [0.05, 0.1) is 32.7 Å². The van der Waals surface area contributed by atoms with Crippen LogP contribution in [0.25, 0.3) is 16.5 Å². The van der Waals surface area contributed by atoms with Gasteiger partial charge in [0.2, 0.25) is 0 Å². The first-order chi connectivity index (χ1) is 15.3. The Balaban J connectivity index is 1.99. The fourth-order valence-corrected chi connectivity index (χ4v) is 4.59. The summed E-state index contributed by atoms with van der Waals surface area (Å²) in [6, 6.07) is 13.7. The summed E-state index contributed by atoms with van der Waals surface area (Å²) in [7, 11) is 0. The largest absolute Gasteiger partial charge is 0.361 e. The molecule has 0 radical (unpaired) electrons. The topological polar surface area (TPSA) is 76.9 Å². The Morgan fingerprint density at radius 2 is 1.75 bits per heavy atom. The number of carbonyl (C=O) groups excluding carboxylic acids is 1. The number of rotatable bonds is 5. The summed E-state index contributed by atoms with van der Waals surface area (Å²) in [6.07, 6.45) is 1.26. The molecule has 0 spiro atoms. The molecule has 1 N–H and O–H groups in total. The highest BCUT2D eigenvalue weighted by Crippen LogP contribution is 2.35. The lowest BCUT2D eigenvalue weighted by molar-refractivity contribution is 0.101. The molecule has 6 nitrogen and oxygen atoms in total. The van der Waals surface area contributed by atoms with Crippen molar-refractivity contribution in [1.82, 2.24) is 14.5 Å². The van der Waals surface area contributed by atoms with Crippen LogP contribution in [-0.2, 0) is 0 Å². The molecule has 0 saturated heterocycles. The van der Waals surface area contributed by atoms with Crippen LogP contribution in [0.4, 0.5) is 5.82 Å². The lowest BCUT2D eigenvalue weighted by Gasteiger charge is -2.24. The number of fused-ring (bicyclic) bond motifs is 1. The number of pyridine rings is 1. The van der Waals surface area contributed by atoms with Gasteiger partial charge in [0, 0.05) is 11.1 Å². The van der Waals surface area contributed by atoms with Crippen LogP contribution < -0.4 is 10.9 Å². The van der Waals surface area contributed by atoms with E-state index in [0.29, 0.717) is 32.2 Å². The highest BCUT2D eigenvalue weighted by atomic mass is 35.5. The van der Waals surface area contributed by atoms with Crippen molar-refractivity contribution in [3.05, 3.63) is 91.7 Å². The minimum absolute atomic E-state index is 0.0408. The van der Waals surface area contributed by atoms with Gasteiger partial charge in [0.25, 0.3) is 5.56 Å². The fourth-order valence-electron chi connectivity index (χ4n) is 3.66. The monoisotopic (exact) mass is 486 g/mol. The molecule has 2 aromatic carbocycles. The third-order valence-corrected chi connectivity index (χ3v) is 6.06. The molecule has 0 aliphatic carbocycles. The molecule has 2 aromatic heterocycles. The van der Waals surface area contributed by atoms with Crippen LogP contribution in [0.15, 0.2) is 59.7 Å². The van der Waals surface area contributed by atoms with Gasteiger partial charge in [-0.15, -0.1) is 0 Å². The first kappa shape index (κ1) is 22.3. The number of hydrogen-bond donors (Lipinski definition) is 1. The molecule has 9 heteroatoms. The zero-order chi connectivity index (χ0) is 23.0. The Hall–Kier alpha value is -2.93. The standard InChI is InChI=1S/C23H17Cl3N4O2/c1-12(29-22-17(13(2)31)21(26)27-11-28-22)20-19(25)15-9-6-10-16(24)18(15)23(32)30(20)14-7-4-3-5-8-14/h3-12H,1-2H3,(H,27,28,29). The van der Waals surface area contributed by atoms with Gasteiger partial charge in [-0.25, -0.2) is 9.97 Å². The van der Waals surface area contributed by atoms with E-state index in [0.717, 1.165) is 0 Å². The van der Waals surface area contributed by atoms with Crippen molar-refractivity contribution in [1.29, 1.82) is 0 Å². The van der Waals surface area contributed by atoms with Gasteiger partial charge >= 0.3 is 0 Å². The molecule has 0 bridgehead atoms. The summed E-state index contributed by atoms with van der Waals surface area (Å²) in [4.78, 5) is 33.8. The zero-order valence-electron chi connectivity index (χ0n) is 17.1. The summed E-state index contributed by atoms with van der Waals surface area (Å²) < 4.78 is 1.52. The van der Waals surface area contributed by atoms with Gasteiger partial charge in [-0.3, -0.25) is 14.2 Å². The van der Waals surface area contributed by atoms with Crippen LogP contribution in [-0.4, -0.2) is 20.3 Å². The quantitative estimate of drug-likeness (QED) is 0.271. The molecule has 0 aliphatic heterocycles. The second-order valence-electron chi connectivity index (χ2n) is 7.15. The van der Waals surface area contributed by atoms with Gasteiger partial charge in [0.15, 0.2) is 5.78 Å². The highest BCUT2D eigenvalue weighted by Gasteiger charge is 2.24. The molecule has 1 unspecified atom stereocenters. The average Bonchev–Trinajstić information content (AvgIpc) is 2.76. The smallest absolute Gasteiger partial charge is 0.264 e. The van der Waals surface area contributed by atoms with E-state index in [-0.39, 0.29) is 27.9 Å². The van der Waals surface area contributed by atoms with Crippen LogP contribution in [0, 0.1) is 0 Å². The van der Waals surface area contributed by atoms with E-state index < -0.39 is 6.04 Å².